The molecule has 0 radical (unpaired) electrons. The largest absolute Gasteiger partial charge is 0.359 e. The minimum Gasteiger partial charge on any atom is -0.359 e. The minimum absolute atomic E-state index is 0.201. The summed E-state index contributed by atoms with van der Waals surface area (Å²) in [5.41, 5.74) is 9.83. The zero-order valence-electron chi connectivity index (χ0n) is 13.9. The fourth-order valence-corrected chi connectivity index (χ4v) is 3.29. The van der Waals surface area contributed by atoms with Crippen molar-refractivity contribution in [2.75, 3.05) is 16.3 Å². The fourth-order valence-electron chi connectivity index (χ4n) is 3.29. The summed E-state index contributed by atoms with van der Waals surface area (Å²) in [6, 6.07) is 16.1. The lowest BCUT2D eigenvalue weighted by Gasteiger charge is -2.48. The quantitative estimate of drug-likeness (QED) is 0.920. The standard InChI is InChI=1S/C19H23N3O/c1-14-7-6-8-15(11-14)12-22-17-10-5-4-9-16(17)21(18(20)23)13-19(22,2)3/h4-11H,12-13H2,1-3H3,(H2,20,23). The highest BCUT2D eigenvalue weighted by Gasteiger charge is 2.38. The topological polar surface area (TPSA) is 49.6 Å². The maximum Gasteiger partial charge on any atom is 0.319 e. The van der Waals surface area contributed by atoms with Crippen molar-refractivity contribution in [3.05, 3.63) is 59.7 Å². The summed E-state index contributed by atoms with van der Waals surface area (Å²) in [6.45, 7) is 7.78. The first kappa shape index (κ1) is 15.4. The van der Waals surface area contributed by atoms with E-state index in [4.69, 9.17) is 5.73 Å². The molecule has 2 N–H and O–H groups in total. The molecule has 0 bridgehead atoms. The Hall–Kier alpha value is -2.49. The first-order chi connectivity index (χ1) is 10.9. The second-order valence-corrected chi connectivity index (χ2v) is 6.80. The highest BCUT2D eigenvalue weighted by Crippen LogP contribution is 2.40. The molecule has 0 saturated heterocycles. The van der Waals surface area contributed by atoms with E-state index >= 15 is 0 Å². The number of urea groups is 1. The molecule has 1 heterocycles. The van der Waals surface area contributed by atoms with Crippen molar-refractivity contribution >= 4 is 17.4 Å². The summed E-state index contributed by atoms with van der Waals surface area (Å²) < 4.78 is 0. The maximum atomic E-state index is 11.8. The van der Waals surface area contributed by atoms with Gasteiger partial charge in [-0.1, -0.05) is 42.0 Å². The molecule has 0 saturated carbocycles. The second kappa shape index (κ2) is 5.61. The van der Waals surface area contributed by atoms with Gasteiger partial charge in [-0.15, -0.1) is 0 Å². The number of benzene rings is 2. The van der Waals surface area contributed by atoms with Crippen LogP contribution in [0.25, 0.3) is 0 Å². The van der Waals surface area contributed by atoms with E-state index in [0.717, 1.165) is 17.9 Å². The Bertz CT molecular complexity index is 739. The van der Waals surface area contributed by atoms with E-state index in [9.17, 15) is 4.79 Å². The first-order valence-corrected chi connectivity index (χ1v) is 7.88. The molecule has 3 rings (SSSR count). The molecule has 0 atom stereocenters. The third-order valence-corrected chi connectivity index (χ3v) is 4.43. The van der Waals surface area contributed by atoms with Gasteiger partial charge >= 0.3 is 6.03 Å². The third-order valence-electron chi connectivity index (χ3n) is 4.43. The summed E-state index contributed by atoms with van der Waals surface area (Å²) in [5, 5.41) is 0. The normalized spacial score (nSPS) is 16.1. The molecular weight excluding hydrogens is 286 g/mol. The predicted molar refractivity (Wildman–Crippen MR) is 94.8 cm³/mol. The van der Waals surface area contributed by atoms with Gasteiger partial charge in [-0.2, -0.15) is 0 Å². The molecule has 2 amide bonds. The number of hydrogen-bond donors (Lipinski definition) is 1. The van der Waals surface area contributed by atoms with Gasteiger partial charge in [0.1, 0.15) is 0 Å². The minimum atomic E-state index is -0.402. The molecule has 0 aliphatic carbocycles. The lowest BCUT2D eigenvalue weighted by molar-refractivity contribution is 0.251. The van der Waals surface area contributed by atoms with Crippen molar-refractivity contribution in [1.29, 1.82) is 0 Å². The molecule has 120 valence electrons. The summed E-state index contributed by atoms with van der Waals surface area (Å²) in [7, 11) is 0. The van der Waals surface area contributed by atoms with Gasteiger partial charge < -0.3 is 10.6 Å². The number of aryl methyl sites for hydroxylation is 1. The Labute approximate surface area is 137 Å². The molecule has 4 heteroatoms. The van der Waals surface area contributed by atoms with E-state index in [1.807, 2.05) is 18.2 Å². The van der Waals surface area contributed by atoms with Gasteiger partial charge in [-0.3, -0.25) is 4.90 Å². The number of primary amides is 1. The maximum absolute atomic E-state index is 11.8. The Kier molecular flexibility index (Phi) is 3.76. The fraction of sp³-hybridized carbons (Fsp3) is 0.316. The van der Waals surface area contributed by atoms with Gasteiger partial charge in [0, 0.05) is 6.54 Å². The van der Waals surface area contributed by atoms with Crippen LogP contribution >= 0.6 is 0 Å². The monoisotopic (exact) mass is 309 g/mol. The smallest absolute Gasteiger partial charge is 0.319 e. The Morgan fingerprint density at radius 1 is 1.13 bits per heavy atom. The molecule has 1 aliphatic heterocycles. The van der Waals surface area contributed by atoms with Crippen LogP contribution in [0, 0.1) is 6.92 Å². The highest BCUT2D eigenvalue weighted by atomic mass is 16.2. The summed E-state index contributed by atoms with van der Waals surface area (Å²) in [4.78, 5) is 15.9. The average Bonchev–Trinajstić information content (AvgIpc) is 2.49. The predicted octanol–water partition coefficient (Wildman–Crippen LogP) is 3.68. The van der Waals surface area contributed by atoms with Crippen LogP contribution in [0.5, 0.6) is 0 Å². The van der Waals surface area contributed by atoms with Gasteiger partial charge in [-0.05, 0) is 38.5 Å². The number of rotatable bonds is 2. The van der Waals surface area contributed by atoms with Gasteiger partial charge in [0.25, 0.3) is 0 Å². The van der Waals surface area contributed by atoms with Crippen molar-refractivity contribution in [3.8, 4) is 0 Å². The van der Waals surface area contributed by atoms with Crippen LogP contribution < -0.4 is 15.5 Å². The molecule has 23 heavy (non-hydrogen) atoms. The van der Waals surface area contributed by atoms with E-state index in [0.29, 0.717) is 6.54 Å². The van der Waals surface area contributed by atoms with Crippen LogP contribution in [0.1, 0.15) is 25.0 Å². The van der Waals surface area contributed by atoms with Gasteiger partial charge in [0.05, 0.1) is 23.5 Å². The molecule has 4 nitrogen and oxygen atoms in total. The molecular formula is C19H23N3O. The van der Waals surface area contributed by atoms with E-state index in [1.54, 1.807) is 4.90 Å². The van der Waals surface area contributed by atoms with Crippen LogP contribution in [-0.2, 0) is 6.54 Å². The first-order valence-electron chi connectivity index (χ1n) is 7.88. The number of anilines is 2. The number of fused-ring (bicyclic) bond motifs is 1. The Morgan fingerprint density at radius 3 is 2.48 bits per heavy atom. The molecule has 2 aromatic rings. The van der Waals surface area contributed by atoms with Crippen LogP contribution in [0.2, 0.25) is 0 Å². The number of hydrogen-bond acceptors (Lipinski definition) is 2. The number of carbonyl (C=O) groups excluding carboxylic acids is 1. The van der Waals surface area contributed by atoms with Gasteiger partial charge in [-0.25, -0.2) is 4.79 Å². The molecule has 2 aromatic carbocycles. The van der Waals surface area contributed by atoms with Crippen molar-refractivity contribution in [2.45, 2.75) is 32.9 Å². The third kappa shape index (κ3) is 2.89. The average molecular weight is 309 g/mol. The van der Waals surface area contributed by atoms with Crippen molar-refractivity contribution < 1.29 is 4.79 Å². The zero-order chi connectivity index (χ0) is 16.6. The molecule has 0 fully saturated rings. The lowest BCUT2D eigenvalue weighted by atomic mass is 9.95. The van der Waals surface area contributed by atoms with E-state index in [2.05, 4.69) is 56.0 Å². The summed E-state index contributed by atoms with van der Waals surface area (Å²) in [6.07, 6.45) is 0. The number of para-hydroxylation sites is 2. The van der Waals surface area contributed by atoms with Gasteiger partial charge in [0.2, 0.25) is 0 Å². The van der Waals surface area contributed by atoms with E-state index < -0.39 is 6.03 Å². The van der Waals surface area contributed by atoms with E-state index in [1.165, 1.54) is 11.1 Å². The number of nitrogens with two attached hydrogens (primary N) is 1. The zero-order valence-corrected chi connectivity index (χ0v) is 13.9. The van der Waals surface area contributed by atoms with E-state index in [-0.39, 0.29) is 5.54 Å². The molecule has 0 unspecified atom stereocenters. The lowest BCUT2D eigenvalue weighted by Crippen LogP contribution is -2.58. The number of amides is 2. The van der Waals surface area contributed by atoms with Crippen LogP contribution in [0.15, 0.2) is 48.5 Å². The second-order valence-electron chi connectivity index (χ2n) is 6.80. The Balaban J connectivity index is 2.04. The summed E-state index contributed by atoms with van der Waals surface area (Å²) >= 11 is 0. The van der Waals surface area contributed by atoms with Crippen LogP contribution in [-0.4, -0.2) is 18.1 Å². The molecule has 0 aromatic heterocycles. The number of nitrogens with zero attached hydrogens (tertiary/aromatic N) is 2. The SMILES string of the molecule is Cc1cccc(CN2c3ccccc3N(C(N)=O)CC2(C)C)c1. The molecule has 0 spiro atoms. The van der Waals surface area contributed by atoms with Crippen molar-refractivity contribution in [3.63, 3.8) is 0 Å². The summed E-state index contributed by atoms with van der Waals surface area (Å²) in [5.74, 6) is 0. The van der Waals surface area contributed by atoms with Crippen molar-refractivity contribution in [1.82, 2.24) is 0 Å². The van der Waals surface area contributed by atoms with Crippen LogP contribution in [0.4, 0.5) is 16.2 Å². The van der Waals surface area contributed by atoms with Gasteiger partial charge in [0.15, 0.2) is 0 Å². The van der Waals surface area contributed by atoms with Crippen molar-refractivity contribution in [2.24, 2.45) is 5.73 Å². The number of carbonyl (C=O) groups is 1. The van der Waals surface area contributed by atoms with Crippen LogP contribution in [0.3, 0.4) is 0 Å². The highest BCUT2D eigenvalue weighted by molar-refractivity contribution is 5.96. The molecule has 1 aliphatic rings. The Morgan fingerprint density at radius 2 is 1.83 bits per heavy atom.